The second kappa shape index (κ2) is 8.70. The number of hydrogen-bond donors (Lipinski definition) is 1. The Morgan fingerprint density at radius 3 is 2.21 bits per heavy atom. The maximum absolute atomic E-state index is 12.8. The number of amides is 3. The van der Waals surface area contributed by atoms with Gasteiger partial charge >= 0.3 is 6.03 Å². The summed E-state index contributed by atoms with van der Waals surface area (Å²) < 4.78 is 0. The highest BCUT2D eigenvalue weighted by atomic mass is 16.2. The van der Waals surface area contributed by atoms with Crippen LogP contribution < -0.4 is 5.32 Å². The van der Waals surface area contributed by atoms with E-state index in [-0.39, 0.29) is 18.0 Å². The van der Waals surface area contributed by atoms with E-state index in [2.05, 4.69) is 35.9 Å². The van der Waals surface area contributed by atoms with Crippen LogP contribution in [-0.2, 0) is 4.79 Å². The van der Waals surface area contributed by atoms with E-state index >= 15 is 0 Å². The fourth-order valence-electron chi connectivity index (χ4n) is 3.68. The fraction of sp³-hybridized carbons (Fsp3) is 0.889. The van der Waals surface area contributed by atoms with Crippen molar-refractivity contribution >= 4 is 11.9 Å². The SMILES string of the molecule is CC[C@@H](C)NC(=O)CN1CCN(C(=O)N2[C@H](C)CCC[C@@H]2C)CC1. The van der Waals surface area contributed by atoms with Crippen molar-refractivity contribution < 1.29 is 9.59 Å². The predicted octanol–water partition coefficient (Wildman–Crippen LogP) is 1.90. The molecular weight excluding hydrogens is 304 g/mol. The summed E-state index contributed by atoms with van der Waals surface area (Å²) in [5, 5.41) is 3.00. The van der Waals surface area contributed by atoms with Crippen molar-refractivity contribution in [3.05, 3.63) is 0 Å². The first kappa shape index (κ1) is 19.0. The fourth-order valence-corrected chi connectivity index (χ4v) is 3.68. The van der Waals surface area contributed by atoms with E-state index in [0.717, 1.165) is 32.4 Å². The van der Waals surface area contributed by atoms with E-state index in [1.54, 1.807) is 0 Å². The van der Waals surface area contributed by atoms with E-state index in [1.807, 2.05) is 11.8 Å². The number of urea groups is 1. The van der Waals surface area contributed by atoms with Gasteiger partial charge in [0.2, 0.25) is 5.91 Å². The van der Waals surface area contributed by atoms with Crippen LogP contribution in [-0.4, -0.2) is 77.5 Å². The lowest BCUT2D eigenvalue weighted by atomic mass is 9.98. The smallest absolute Gasteiger partial charge is 0.320 e. The zero-order valence-electron chi connectivity index (χ0n) is 15.8. The lowest BCUT2D eigenvalue weighted by Gasteiger charge is -2.44. The molecule has 138 valence electrons. The molecule has 2 aliphatic rings. The average Bonchev–Trinajstić information content (AvgIpc) is 2.55. The van der Waals surface area contributed by atoms with Gasteiger partial charge in [0, 0.05) is 44.3 Å². The molecule has 2 heterocycles. The molecule has 2 aliphatic heterocycles. The van der Waals surface area contributed by atoms with Crippen LogP contribution in [0.25, 0.3) is 0 Å². The van der Waals surface area contributed by atoms with Gasteiger partial charge in [-0.3, -0.25) is 9.69 Å². The minimum absolute atomic E-state index is 0.0856. The minimum atomic E-state index is 0.0856. The molecule has 0 aromatic rings. The van der Waals surface area contributed by atoms with Crippen LogP contribution in [0.5, 0.6) is 0 Å². The molecule has 3 amide bonds. The van der Waals surface area contributed by atoms with Crippen molar-refractivity contribution in [3.8, 4) is 0 Å². The summed E-state index contributed by atoms with van der Waals surface area (Å²) in [6.07, 6.45) is 4.36. The highest BCUT2D eigenvalue weighted by molar-refractivity contribution is 5.78. The maximum Gasteiger partial charge on any atom is 0.320 e. The Balaban J connectivity index is 1.79. The molecule has 0 spiro atoms. The number of nitrogens with one attached hydrogen (secondary N) is 1. The van der Waals surface area contributed by atoms with Crippen molar-refractivity contribution in [2.75, 3.05) is 32.7 Å². The molecule has 0 unspecified atom stereocenters. The minimum Gasteiger partial charge on any atom is -0.353 e. The van der Waals surface area contributed by atoms with Gasteiger partial charge < -0.3 is 15.1 Å². The first-order chi connectivity index (χ1) is 11.4. The number of carbonyl (C=O) groups excluding carboxylic acids is 2. The quantitative estimate of drug-likeness (QED) is 0.852. The lowest BCUT2D eigenvalue weighted by Crippen LogP contribution is -2.58. The van der Waals surface area contributed by atoms with Crippen molar-refractivity contribution in [1.82, 2.24) is 20.0 Å². The third-order valence-corrected chi connectivity index (χ3v) is 5.44. The van der Waals surface area contributed by atoms with Gasteiger partial charge in [0.25, 0.3) is 0 Å². The van der Waals surface area contributed by atoms with Gasteiger partial charge in [-0.05, 0) is 46.5 Å². The normalized spacial score (nSPS) is 27.0. The van der Waals surface area contributed by atoms with Crippen LogP contribution in [0.1, 0.15) is 53.4 Å². The van der Waals surface area contributed by atoms with E-state index in [9.17, 15) is 9.59 Å². The molecule has 2 fully saturated rings. The van der Waals surface area contributed by atoms with E-state index in [0.29, 0.717) is 31.7 Å². The summed E-state index contributed by atoms with van der Waals surface area (Å²) in [6.45, 7) is 11.8. The highest BCUT2D eigenvalue weighted by Crippen LogP contribution is 2.24. The third kappa shape index (κ3) is 4.85. The van der Waals surface area contributed by atoms with Crippen LogP contribution >= 0.6 is 0 Å². The van der Waals surface area contributed by atoms with Crippen LogP contribution in [0.15, 0.2) is 0 Å². The molecule has 2 saturated heterocycles. The standard InChI is InChI=1S/C18H34N4O2/c1-5-14(2)19-17(23)13-20-9-11-21(12-10-20)18(24)22-15(3)7-6-8-16(22)4/h14-16H,5-13H2,1-4H3,(H,19,23)/t14-,15-,16+/m1/s1. The molecule has 6 heteroatoms. The number of likely N-dealkylation sites (tertiary alicyclic amines) is 1. The Morgan fingerprint density at radius 2 is 1.67 bits per heavy atom. The number of piperidine rings is 1. The molecule has 2 rings (SSSR count). The van der Waals surface area contributed by atoms with Crippen LogP contribution in [0.3, 0.4) is 0 Å². The first-order valence-electron chi connectivity index (χ1n) is 9.51. The third-order valence-electron chi connectivity index (χ3n) is 5.44. The van der Waals surface area contributed by atoms with Gasteiger partial charge in [-0.1, -0.05) is 6.92 Å². The van der Waals surface area contributed by atoms with Crippen LogP contribution in [0.2, 0.25) is 0 Å². The molecule has 0 bridgehead atoms. The van der Waals surface area contributed by atoms with Gasteiger partial charge in [-0.25, -0.2) is 4.79 Å². The first-order valence-corrected chi connectivity index (χ1v) is 9.51. The number of nitrogens with zero attached hydrogens (tertiary/aromatic N) is 3. The summed E-state index contributed by atoms with van der Waals surface area (Å²) in [4.78, 5) is 31.0. The zero-order chi connectivity index (χ0) is 17.7. The summed E-state index contributed by atoms with van der Waals surface area (Å²) in [5.74, 6) is 0.0856. The number of piperazine rings is 1. The summed E-state index contributed by atoms with van der Waals surface area (Å²) in [5.41, 5.74) is 0. The Bertz CT molecular complexity index is 425. The van der Waals surface area contributed by atoms with Crippen molar-refractivity contribution in [3.63, 3.8) is 0 Å². The Labute approximate surface area is 146 Å². The van der Waals surface area contributed by atoms with Crippen molar-refractivity contribution in [2.45, 2.75) is 71.5 Å². The van der Waals surface area contributed by atoms with Gasteiger partial charge in [0.1, 0.15) is 0 Å². The van der Waals surface area contributed by atoms with Crippen LogP contribution in [0, 0.1) is 0 Å². The number of hydrogen-bond acceptors (Lipinski definition) is 3. The lowest BCUT2D eigenvalue weighted by molar-refractivity contribution is -0.123. The molecule has 1 N–H and O–H groups in total. The summed E-state index contributed by atoms with van der Waals surface area (Å²) in [6, 6.07) is 1.07. The molecular formula is C18H34N4O2. The van der Waals surface area contributed by atoms with Crippen molar-refractivity contribution in [2.24, 2.45) is 0 Å². The summed E-state index contributed by atoms with van der Waals surface area (Å²) >= 11 is 0. The highest BCUT2D eigenvalue weighted by Gasteiger charge is 2.33. The Kier molecular flexibility index (Phi) is 6.90. The molecule has 6 nitrogen and oxygen atoms in total. The number of carbonyl (C=O) groups is 2. The van der Waals surface area contributed by atoms with E-state index < -0.39 is 0 Å². The zero-order valence-corrected chi connectivity index (χ0v) is 15.8. The largest absolute Gasteiger partial charge is 0.353 e. The van der Waals surface area contributed by atoms with Gasteiger partial charge in [-0.2, -0.15) is 0 Å². The molecule has 0 radical (unpaired) electrons. The summed E-state index contributed by atoms with van der Waals surface area (Å²) in [7, 11) is 0. The average molecular weight is 338 g/mol. The molecule has 0 saturated carbocycles. The van der Waals surface area contributed by atoms with Crippen LogP contribution in [0.4, 0.5) is 4.79 Å². The molecule has 24 heavy (non-hydrogen) atoms. The van der Waals surface area contributed by atoms with Gasteiger partial charge in [0.05, 0.1) is 6.54 Å². The molecule has 0 aromatic carbocycles. The maximum atomic E-state index is 12.8. The van der Waals surface area contributed by atoms with Gasteiger partial charge in [-0.15, -0.1) is 0 Å². The monoisotopic (exact) mass is 338 g/mol. The molecule has 0 aromatic heterocycles. The van der Waals surface area contributed by atoms with E-state index in [1.165, 1.54) is 6.42 Å². The van der Waals surface area contributed by atoms with Crippen molar-refractivity contribution in [1.29, 1.82) is 0 Å². The molecule has 3 atom stereocenters. The van der Waals surface area contributed by atoms with Gasteiger partial charge in [0.15, 0.2) is 0 Å². The Hall–Kier alpha value is -1.30. The van der Waals surface area contributed by atoms with E-state index in [4.69, 9.17) is 0 Å². The number of rotatable bonds is 4. The molecule has 0 aliphatic carbocycles. The topological polar surface area (TPSA) is 55.9 Å². The predicted molar refractivity (Wildman–Crippen MR) is 95.9 cm³/mol. The second-order valence-corrected chi connectivity index (χ2v) is 7.46. The second-order valence-electron chi connectivity index (χ2n) is 7.46. The Morgan fingerprint density at radius 1 is 1.08 bits per heavy atom.